The molecule has 6 heterocycles. The molecule has 8 nitrogen and oxygen atoms in total. The van der Waals surface area contributed by atoms with Gasteiger partial charge in [-0.1, -0.05) is 18.2 Å². The van der Waals surface area contributed by atoms with Crippen molar-refractivity contribution in [3.8, 4) is 39.5 Å². The summed E-state index contributed by atoms with van der Waals surface area (Å²) in [6.07, 6.45) is 11.3. The van der Waals surface area contributed by atoms with E-state index in [1.165, 1.54) is 18.9 Å². The van der Waals surface area contributed by atoms with Gasteiger partial charge in [0.05, 0.1) is 41.0 Å². The van der Waals surface area contributed by atoms with Crippen molar-refractivity contribution in [2.75, 3.05) is 26.2 Å². The molecule has 0 aliphatic carbocycles. The number of nitrogens with zero attached hydrogens (tertiary/aromatic N) is 5. The number of likely N-dealkylation sites (tertiary alicyclic amines) is 1. The van der Waals surface area contributed by atoms with Gasteiger partial charge in [0.1, 0.15) is 23.9 Å². The minimum absolute atomic E-state index is 0.286. The number of hydrogen-bond donors (Lipinski definition) is 2. The Morgan fingerprint density at radius 3 is 2.64 bits per heavy atom. The molecule has 0 bridgehead atoms. The highest BCUT2D eigenvalue weighted by molar-refractivity contribution is 6.01. The normalized spacial score (nSPS) is 14.0. The maximum Gasteiger partial charge on any atom is 0.138 e. The van der Waals surface area contributed by atoms with Crippen LogP contribution < -0.4 is 4.74 Å². The van der Waals surface area contributed by atoms with Gasteiger partial charge in [0, 0.05) is 46.4 Å². The summed E-state index contributed by atoms with van der Waals surface area (Å²) >= 11 is 0. The zero-order valence-electron chi connectivity index (χ0n) is 21.2. The first-order chi connectivity index (χ1) is 19.2. The van der Waals surface area contributed by atoms with Crippen LogP contribution in [0.5, 0.6) is 5.75 Å². The minimum atomic E-state index is -0.286. The van der Waals surface area contributed by atoms with E-state index in [4.69, 9.17) is 4.74 Å². The molecule has 1 aromatic carbocycles. The molecule has 1 saturated heterocycles. The first-order valence-electron chi connectivity index (χ1n) is 13.1. The first-order valence-corrected chi connectivity index (χ1v) is 13.1. The van der Waals surface area contributed by atoms with Gasteiger partial charge in [0.15, 0.2) is 0 Å². The molecular weight excluding hydrogens is 493 g/mol. The topological polar surface area (TPSA) is 95.6 Å². The average molecular weight is 520 g/mol. The summed E-state index contributed by atoms with van der Waals surface area (Å²) in [6, 6.07) is 12.7. The Kier molecular flexibility index (Phi) is 5.97. The number of ether oxygens (including phenoxy) is 1. The molecule has 5 aromatic heterocycles. The highest BCUT2D eigenvalue weighted by Crippen LogP contribution is 2.35. The molecule has 7 rings (SSSR count). The van der Waals surface area contributed by atoms with Crippen molar-refractivity contribution in [2.45, 2.75) is 12.8 Å². The van der Waals surface area contributed by atoms with Crippen molar-refractivity contribution in [1.29, 1.82) is 0 Å². The standard InChI is InChI=1S/C30H26FN7O/c31-25-6-2-1-5-21(25)24-16-33-17-28-22(24)12-27(35-28)30-23-13-26(34-18-29(23)36-37-30)19-11-20(15-32-14-19)39-10-9-38-7-3-4-8-38/h1-2,5-6,11-18,35H,3-4,7-10H2,(H,36,37). The lowest BCUT2D eigenvalue weighted by Crippen LogP contribution is -2.25. The Bertz CT molecular complexity index is 1790. The van der Waals surface area contributed by atoms with Gasteiger partial charge in [-0.05, 0) is 50.2 Å². The number of benzene rings is 1. The molecule has 1 aliphatic rings. The highest BCUT2D eigenvalue weighted by Gasteiger charge is 2.17. The van der Waals surface area contributed by atoms with Gasteiger partial charge in [-0.15, -0.1) is 0 Å². The van der Waals surface area contributed by atoms with Crippen LogP contribution in [-0.4, -0.2) is 61.3 Å². The van der Waals surface area contributed by atoms with Crippen molar-refractivity contribution in [3.05, 3.63) is 79.3 Å². The van der Waals surface area contributed by atoms with Crippen molar-refractivity contribution in [2.24, 2.45) is 0 Å². The number of fused-ring (bicyclic) bond motifs is 2. The van der Waals surface area contributed by atoms with Gasteiger partial charge in [0.2, 0.25) is 0 Å². The molecule has 194 valence electrons. The number of aromatic nitrogens is 6. The number of pyridine rings is 3. The average Bonchev–Trinajstić information content (AvgIpc) is 3.73. The maximum absolute atomic E-state index is 14.6. The third-order valence-corrected chi connectivity index (χ3v) is 7.30. The summed E-state index contributed by atoms with van der Waals surface area (Å²) in [4.78, 5) is 19.2. The number of H-pyrrole nitrogens is 2. The third-order valence-electron chi connectivity index (χ3n) is 7.30. The SMILES string of the molecule is Fc1ccccc1-c1cncc2[nH]c(-c3n[nH]c4cnc(-c5cncc(OCCN6CCCC6)c5)cc34)cc12. The zero-order valence-corrected chi connectivity index (χ0v) is 21.2. The molecule has 0 unspecified atom stereocenters. The summed E-state index contributed by atoms with van der Waals surface area (Å²) in [5.41, 5.74) is 6.03. The van der Waals surface area contributed by atoms with Gasteiger partial charge in [-0.3, -0.25) is 25.0 Å². The molecule has 0 amide bonds. The van der Waals surface area contributed by atoms with E-state index in [1.54, 1.807) is 43.1 Å². The molecule has 1 aliphatic heterocycles. The summed E-state index contributed by atoms with van der Waals surface area (Å²) in [7, 11) is 0. The lowest BCUT2D eigenvalue weighted by Gasteiger charge is -2.15. The Hall–Kier alpha value is -4.63. The van der Waals surface area contributed by atoms with Crippen molar-refractivity contribution < 1.29 is 9.13 Å². The quantitative estimate of drug-likeness (QED) is 0.275. The van der Waals surface area contributed by atoms with Crippen LogP contribution in [0.25, 0.3) is 55.6 Å². The second-order valence-electron chi connectivity index (χ2n) is 9.81. The summed E-state index contributed by atoms with van der Waals surface area (Å²) < 4.78 is 20.6. The van der Waals surface area contributed by atoms with Gasteiger partial charge < -0.3 is 9.72 Å². The lowest BCUT2D eigenvalue weighted by atomic mass is 10.0. The van der Waals surface area contributed by atoms with E-state index in [0.29, 0.717) is 12.2 Å². The van der Waals surface area contributed by atoms with Crippen LogP contribution >= 0.6 is 0 Å². The molecule has 6 aromatic rings. The third kappa shape index (κ3) is 4.51. The van der Waals surface area contributed by atoms with E-state index in [-0.39, 0.29) is 5.82 Å². The van der Waals surface area contributed by atoms with Crippen LogP contribution in [0.15, 0.2) is 73.4 Å². The van der Waals surface area contributed by atoms with Gasteiger partial charge in [-0.2, -0.15) is 5.10 Å². The number of nitrogens with one attached hydrogen (secondary N) is 2. The molecule has 0 atom stereocenters. The predicted octanol–water partition coefficient (Wildman–Crippen LogP) is 5.84. The fraction of sp³-hybridized carbons (Fsp3) is 0.200. The van der Waals surface area contributed by atoms with Crippen LogP contribution in [-0.2, 0) is 0 Å². The molecule has 9 heteroatoms. The van der Waals surface area contributed by atoms with Gasteiger partial charge >= 0.3 is 0 Å². The van der Waals surface area contributed by atoms with E-state index < -0.39 is 0 Å². The Morgan fingerprint density at radius 2 is 1.74 bits per heavy atom. The van der Waals surface area contributed by atoms with E-state index in [0.717, 1.165) is 75.4 Å². The van der Waals surface area contributed by atoms with Crippen LogP contribution in [0.2, 0.25) is 0 Å². The Balaban J connectivity index is 1.21. The minimum Gasteiger partial charge on any atom is -0.491 e. The van der Waals surface area contributed by atoms with E-state index >= 15 is 0 Å². The van der Waals surface area contributed by atoms with Gasteiger partial charge in [0.25, 0.3) is 0 Å². The number of hydrogen-bond acceptors (Lipinski definition) is 6. The summed E-state index contributed by atoms with van der Waals surface area (Å²) in [5, 5.41) is 9.44. The van der Waals surface area contributed by atoms with Crippen LogP contribution in [0.1, 0.15) is 12.8 Å². The van der Waals surface area contributed by atoms with Gasteiger partial charge in [-0.25, -0.2) is 4.39 Å². The Labute approximate surface area is 223 Å². The molecule has 0 spiro atoms. The number of rotatable bonds is 7. The second kappa shape index (κ2) is 9.92. The predicted molar refractivity (Wildman–Crippen MR) is 149 cm³/mol. The molecule has 0 saturated carbocycles. The lowest BCUT2D eigenvalue weighted by molar-refractivity contribution is 0.237. The van der Waals surface area contributed by atoms with Crippen LogP contribution in [0.3, 0.4) is 0 Å². The van der Waals surface area contributed by atoms with Crippen molar-refractivity contribution in [3.63, 3.8) is 0 Å². The van der Waals surface area contributed by atoms with E-state index in [1.807, 2.05) is 24.3 Å². The van der Waals surface area contributed by atoms with Crippen LogP contribution in [0.4, 0.5) is 4.39 Å². The zero-order chi connectivity index (χ0) is 26.2. The highest BCUT2D eigenvalue weighted by atomic mass is 19.1. The first kappa shape index (κ1) is 23.5. The van der Waals surface area contributed by atoms with E-state index in [9.17, 15) is 4.39 Å². The maximum atomic E-state index is 14.6. The summed E-state index contributed by atoms with van der Waals surface area (Å²) in [6.45, 7) is 3.85. The Morgan fingerprint density at radius 1 is 0.872 bits per heavy atom. The van der Waals surface area contributed by atoms with Crippen molar-refractivity contribution in [1.82, 2.24) is 35.0 Å². The molecule has 0 radical (unpaired) electrons. The second-order valence-corrected chi connectivity index (χ2v) is 9.81. The number of halogens is 1. The van der Waals surface area contributed by atoms with E-state index in [2.05, 4.69) is 35.0 Å². The molecule has 2 N–H and O–H groups in total. The van der Waals surface area contributed by atoms with Crippen molar-refractivity contribution >= 4 is 21.8 Å². The molecular formula is C30H26FN7O. The van der Waals surface area contributed by atoms with Crippen LogP contribution in [0, 0.1) is 5.82 Å². The molecule has 1 fully saturated rings. The fourth-order valence-electron chi connectivity index (χ4n) is 5.29. The largest absolute Gasteiger partial charge is 0.491 e. The monoisotopic (exact) mass is 519 g/mol. The smallest absolute Gasteiger partial charge is 0.138 e. The number of aromatic amines is 2. The molecule has 39 heavy (non-hydrogen) atoms. The fourth-order valence-corrected chi connectivity index (χ4v) is 5.29. The summed E-state index contributed by atoms with van der Waals surface area (Å²) in [5.74, 6) is 0.441.